The zero-order valence-electron chi connectivity index (χ0n) is 11.5. The molecule has 112 valence electrons. The van der Waals surface area contributed by atoms with Gasteiger partial charge in [0.05, 0.1) is 12.0 Å². The van der Waals surface area contributed by atoms with Crippen LogP contribution in [0, 0.1) is 0 Å². The van der Waals surface area contributed by atoms with E-state index in [-0.39, 0.29) is 11.4 Å². The van der Waals surface area contributed by atoms with Gasteiger partial charge in [-0.25, -0.2) is 13.1 Å². The lowest BCUT2D eigenvalue weighted by Gasteiger charge is -2.08. The van der Waals surface area contributed by atoms with E-state index in [9.17, 15) is 8.42 Å². The molecule has 0 aliphatic heterocycles. The number of ether oxygens (including phenoxy) is 1. The van der Waals surface area contributed by atoms with Gasteiger partial charge in [0.1, 0.15) is 5.75 Å². The highest BCUT2D eigenvalue weighted by atomic mass is 79.9. The number of rotatable bonds is 6. The molecule has 4 nitrogen and oxygen atoms in total. The number of halogens is 1. The first-order chi connectivity index (χ1) is 10.0. The molecule has 0 aliphatic rings. The number of hydrogen-bond acceptors (Lipinski definition) is 3. The van der Waals surface area contributed by atoms with Gasteiger partial charge in [0.15, 0.2) is 0 Å². The average molecular weight is 370 g/mol. The van der Waals surface area contributed by atoms with E-state index in [0.29, 0.717) is 5.33 Å². The van der Waals surface area contributed by atoms with Crippen LogP contribution < -0.4 is 9.46 Å². The zero-order valence-corrected chi connectivity index (χ0v) is 13.9. The summed E-state index contributed by atoms with van der Waals surface area (Å²) < 4.78 is 32.0. The van der Waals surface area contributed by atoms with Gasteiger partial charge in [-0.3, -0.25) is 0 Å². The smallest absolute Gasteiger partial charge is 0.240 e. The second kappa shape index (κ2) is 7.06. The highest BCUT2D eigenvalue weighted by Gasteiger charge is 2.13. The monoisotopic (exact) mass is 369 g/mol. The number of alkyl halides is 1. The van der Waals surface area contributed by atoms with Gasteiger partial charge in [0, 0.05) is 11.9 Å². The fourth-order valence-electron chi connectivity index (χ4n) is 1.76. The maximum Gasteiger partial charge on any atom is 0.240 e. The predicted octanol–water partition coefficient (Wildman–Crippen LogP) is 3.07. The minimum atomic E-state index is -3.50. The van der Waals surface area contributed by atoms with Crippen molar-refractivity contribution in [2.75, 3.05) is 7.11 Å². The molecule has 0 amide bonds. The first kappa shape index (κ1) is 16.0. The molecular formula is C15H16BrNO3S. The quantitative estimate of drug-likeness (QED) is 0.796. The first-order valence-corrected chi connectivity index (χ1v) is 8.93. The molecule has 0 fully saturated rings. The lowest BCUT2D eigenvalue weighted by molar-refractivity contribution is 0.414. The highest BCUT2D eigenvalue weighted by Crippen LogP contribution is 2.14. The summed E-state index contributed by atoms with van der Waals surface area (Å²) in [5, 5.41) is 0.701. The van der Waals surface area contributed by atoms with Crippen molar-refractivity contribution in [2.24, 2.45) is 0 Å². The molecule has 0 unspecified atom stereocenters. The summed E-state index contributed by atoms with van der Waals surface area (Å²) in [5.41, 5.74) is 1.90. The molecule has 0 saturated carbocycles. The van der Waals surface area contributed by atoms with Gasteiger partial charge >= 0.3 is 0 Å². The second-order valence-electron chi connectivity index (χ2n) is 4.45. The van der Waals surface area contributed by atoms with Gasteiger partial charge in [0.25, 0.3) is 0 Å². The van der Waals surface area contributed by atoms with E-state index in [4.69, 9.17) is 4.74 Å². The molecule has 0 spiro atoms. The molecule has 0 saturated heterocycles. The maximum absolute atomic E-state index is 12.2. The molecule has 2 rings (SSSR count). The Balaban J connectivity index is 2.05. The molecule has 6 heteroatoms. The summed E-state index contributed by atoms with van der Waals surface area (Å²) in [5.74, 6) is 0.743. The molecule has 0 aromatic heterocycles. The van der Waals surface area contributed by atoms with E-state index in [0.717, 1.165) is 16.9 Å². The topological polar surface area (TPSA) is 55.4 Å². The van der Waals surface area contributed by atoms with Crippen LogP contribution in [0.25, 0.3) is 0 Å². The third-order valence-corrected chi connectivity index (χ3v) is 5.08. The van der Waals surface area contributed by atoms with Gasteiger partial charge in [-0.1, -0.05) is 40.2 Å². The summed E-state index contributed by atoms with van der Waals surface area (Å²) >= 11 is 3.33. The zero-order chi connectivity index (χ0) is 15.3. The molecule has 0 bridgehead atoms. The Morgan fingerprint density at radius 3 is 2.10 bits per heavy atom. The highest BCUT2D eigenvalue weighted by molar-refractivity contribution is 9.08. The second-order valence-corrected chi connectivity index (χ2v) is 6.78. The normalized spacial score (nSPS) is 11.3. The lowest BCUT2D eigenvalue weighted by Crippen LogP contribution is -2.23. The van der Waals surface area contributed by atoms with Crippen molar-refractivity contribution >= 4 is 26.0 Å². The third kappa shape index (κ3) is 4.30. The van der Waals surface area contributed by atoms with Crippen molar-refractivity contribution in [3.05, 3.63) is 59.7 Å². The number of benzene rings is 2. The van der Waals surface area contributed by atoms with Crippen molar-refractivity contribution in [1.82, 2.24) is 4.72 Å². The predicted molar refractivity (Wildman–Crippen MR) is 86.1 cm³/mol. The number of sulfonamides is 1. The van der Waals surface area contributed by atoms with Crippen LogP contribution in [0.4, 0.5) is 0 Å². The van der Waals surface area contributed by atoms with Gasteiger partial charge in [-0.05, 0) is 35.4 Å². The van der Waals surface area contributed by atoms with Crippen molar-refractivity contribution in [3.63, 3.8) is 0 Å². The molecule has 21 heavy (non-hydrogen) atoms. The van der Waals surface area contributed by atoms with Gasteiger partial charge in [-0.2, -0.15) is 0 Å². The summed E-state index contributed by atoms with van der Waals surface area (Å²) in [6.07, 6.45) is 0. The van der Waals surface area contributed by atoms with Gasteiger partial charge in [0.2, 0.25) is 10.0 Å². The van der Waals surface area contributed by atoms with Crippen molar-refractivity contribution in [3.8, 4) is 5.75 Å². The number of hydrogen-bond donors (Lipinski definition) is 1. The van der Waals surface area contributed by atoms with Crippen LogP contribution in [-0.2, 0) is 21.9 Å². The van der Waals surface area contributed by atoms with Crippen LogP contribution in [0.15, 0.2) is 53.4 Å². The van der Waals surface area contributed by atoms with Gasteiger partial charge < -0.3 is 4.74 Å². The average Bonchev–Trinajstić information content (AvgIpc) is 2.53. The molecule has 0 radical (unpaired) electrons. The summed E-state index contributed by atoms with van der Waals surface area (Å²) in [7, 11) is -1.90. The maximum atomic E-state index is 12.2. The van der Waals surface area contributed by atoms with E-state index in [2.05, 4.69) is 20.7 Å². The van der Waals surface area contributed by atoms with Crippen LogP contribution in [0.2, 0.25) is 0 Å². The van der Waals surface area contributed by atoms with E-state index < -0.39 is 10.0 Å². The largest absolute Gasteiger partial charge is 0.497 e. The minimum Gasteiger partial charge on any atom is -0.497 e. The molecule has 0 atom stereocenters. The Morgan fingerprint density at radius 1 is 1.00 bits per heavy atom. The van der Waals surface area contributed by atoms with Gasteiger partial charge in [-0.15, -0.1) is 0 Å². The van der Waals surface area contributed by atoms with Crippen LogP contribution in [-0.4, -0.2) is 15.5 Å². The van der Waals surface area contributed by atoms with E-state index in [1.807, 2.05) is 12.1 Å². The Hall–Kier alpha value is -1.37. The Kier molecular flexibility index (Phi) is 5.39. The summed E-state index contributed by atoms with van der Waals surface area (Å²) in [6, 6.07) is 14.0. The van der Waals surface area contributed by atoms with Crippen LogP contribution >= 0.6 is 15.9 Å². The summed E-state index contributed by atoms with van der Waals surface area (Å²) in [4.78, 5) is 0.265. The SMILES string of the molecule is COc1ccc(CNS(=O)(=O)c2ccc(CBr)cc2)cc1. The third-order valence-electron chi connectivity index (χ3n) is 3.01. The van der Waals surface area contributed by atoms with Crippen LogP contribution in [0.3, 0.4) is 0 Å². The fraction of sp³-hybridized carbons (Fsp3) is 0.200. The van der Waals surface area contributed by atoms with Crippen molar-refractivity contribution in [2.45, 2.75) is 16.8 Å². The fourth-order valence-corrected chi connectivity index (χ4v) is 3.15. The Labute approximate surface area is 133 Å². The van der Waals surface area contributed by atoms with Crippen LogP contribution in [0.1, 0.15) is 11.1 Å². The van der Waals surface area contributed by atoms with Crippen molar-refractivity contribution < 1.29 is 13.2 Å². The molecular weight excluding hydrogens is 354 g/mol. The Bertz CT molecular complexity index is 682. The minimum absolute atomic E-state index is 0.243. The van der Waals surface area contributed by atoms with E-state index in [1.54, 1.807) is 43.5 Å². The molecule has 0 aliphatic carbocycles. The summed E-state index contributed by atoms with van der Waals surface area (Å²) in [6.45, 7) is 0.243. The standard InChI is InChI=1S/C15H16BrNO3S/c1-20-14-6-2-13(3-7-14)11-17-21(18,19)15-8-4-12(10-16)5-9-15/h2-9,17H,10-11H2,1H3. The first-order valence-electron chi connectivity index (χ1n) is 6.32. The molecule has 2 aromatic rings. The number of methoxy groups -OCH3 is 1. The number of nitrogens with one attached hydrogen (secondary N) is 1. The Morgan fingerprint density at radius 2 is 1.57 bits per heavy atom. The van der Waals surface area contributed by atoms with Crippen molar-refractivity contribution in [1.29, 1.82) is 0 Å². The van der Waals surface area contributed by atoms with E-state index in [1.165, 1.54) is 0 Å². The van der Waals surface area contributed by atoms with Crippen LogP contribution in [0.5, 0.6) is 5.75 Å². The molecule has 1 N–H and O–H groups in total. The molecule has 0 heterocycles. The molecule has 2 aromatic carbocycles. The van der Waals surface area contributed by atoms with E-state index >= 15 is 0 Å². The lowest BCUT2D eigenvalue weighted by atomic mass is 10.2.